The van der Waals surface area contributed by atoms with Gasteiger partial charge in [-0.15, -0.1) is 0 Å². The second-order valence-corrected chi connectivity index (χ2v) is 5.66. The van der Waals surface area contributed by atoms with Crippen molar-refractivity contribution in [3.63, 3.8) is 0 Å². The molecule has 0 atom stereocenters. The van der Waals surface area contributed by atoms with Crippen LogP contribution < -0.4 is 5.32 Å². The van der Waals surface area contributed by atoms with E-state index in [0.29, 0.717) is 12.5 Å². The molecule has 2 saturated heterocycles. The van der Waals surface area contributed by atoms with Crippen molar-refractivity contribution in [2.45, 2.75) is 25.8 Å². The Bertz CT molecular complexity index is 448. The number of hydrogen-bond donors (Lipinski definition) is 1. The fourth-order valence-corrected chi connectivity index (χ4v) is 3.16. The molecule has 2 fully saturated rings. The van der Waals surface area contributed by atoms with Crippen molar-refractivity contribution in [3.05, 3.63) is 18.0 Å². The number of carbonyl (C=O) groups excluding carboxylic acids is 1. The number of rotatable bonds is 2. The molecule has 98 valence electrons. The number of carbonyl (C=O) groups is 1. The van der Waals surface area contributed by atoms with Gasteiger partial charge in [0, 0.05) is 26.2 Å². The molecule has 1 spiro atoms. The van der Waals surface area contributed by atoms with Gasteiger partial charge in [-0.05, 0) is 37.4 Å². The predicted octanol–water partition coefficient (Wildman–Crippen LogP) is 0.522. The van der Waals surface area contributed by atoms with Gasteiger partial charge in [0.1, 0.15) is 0 Å². The number of hydrogen-bond acceptors (Lipinski definition) is 3. The number of likely N-dealkylation sites (tertiary alicyclic amines) is 1. The highest BCUT2D eigenvalue weighted by atomic mass is 16.2. The summed E-state index contributed by atoms with van der Waals surface area (Å²) in [6.07, 6.45) is 4.90. The first kappa shape index (κ1) is 11.7. The second kappa shape index (κ2) is 4.39. The fourth-order valence-electron chi connectivity index (χ4n) is 3.16. The van der Waals surface area contributed by atoms with Crippen molar-refractivity contribution < 1.29 is 4.79 Å². The summed E-state index contributed by atoms with van der Waals surface area (Å²) in [4.78, 5) is 14.1. The van der Waals surface area contributed by atoms with E-state index in [4.69, 9.17) is 0 Å². The molecule has 1 aromatic heterocycles. The van der Waals surface area contributed by atoms with Crippen LogP contribution >= 0.6 is 0 Å². The first-order valence-electron chi connectivity index (χ1n) is 6.64. The largest absolute Gasteiger partial charge is 0.336 e. The molecule has 1 amide bonds. The maximum atomic E-state index is 12.1. The number of aryl methyl sites for hydroxylation is 1. The third-order valence-corrected chi connectivity index (χ3v) is 4.19. The molecule has 1 aromatic rings. The monoisotopic (exact) mass is 248 g/mol. The summed E-state index contributed by atoms with van der Waals surface area (Å²) < 4.78 is 1.79. The third kappa shape index (κ3) is 2.14. The summed E-state index contributed by atoms with van der Waals surface area (Å²) in [6, 6.07) is 1.99. The summed E-state index contributed by atoms with van der Waals surface area (Å²) in [5.74, 6) is 0.294. The minimum atomic E-state index is 0.233. The Labute approximate surface area is 107 Å². The van der Waals surface area contributed by atoms with Crippen molar-refractivity contribution in [1.29, 1.82) is 0 Å². The van der Waals surface area contributed by atoms with Gasteiger partial charge in [0.2, 0.25) is 5.91 Å². The third-order valence-electron chi connectivity index (χ3n) is 4.19. The summed E-state index contributed by atoms with van der Waals surface area (Å²) in [7, 11) is 1.91. The SMILES string of the molecule is Cn1ccc(CN2CC3(CCNCC3)CC2=O)n1. The molecule has 2 aliphatic rings. The van der Waals surface area contributed by atoms with E-state index in [-0.39, 0.29) is 5.41 Å². The normalized spacial score (nSPS) is 22.9. The summed E-state index contributed by atoms with van der Waals surface area (Å²) >= 11 is 0. The maximum Gasteiger partial charge on any atom is 0.223 e. The van der Waals surface area contributed by atoms with Gasteiger partial charge in [0.05, 0.1) is 12.2 Å². The molecule has 2 aliphatic heterocycles. The molecule has 0 aromatic carbocycles. The Morgan fingerprint density at radius 1 is 1.44 bits per heavy atom. The van der Waals surface area contributed by atoms with Gasteiger partial charge < -0.3 is 10.2 Å². The van der Waals surface area contributed by atoms with Gasteiger partial charge >= 0.3 is 0 Å². The van der Waals surface area contributed by atoms with Crippen LogP contribution in [-0.2, 0) is 18.4 Å². The van der Waals surface area contributed by atoms with Crippen LogP contribution in [0.15, 0.2) is 12.3 Å². The molecule has 3 rings (SSSR count). The van der Waals surface area contributed by atoms with E-state index < -0.39 is 0 Å². The maximum absolute atomic E-state index is 12.1. The quantitative estimate of drug-likeness (QED) is 0.830. The van der Waals surface area contributed by atoms with E-state index in [2.05, 4.69) is 10.4 Å². The number of aromatic nitrogens is 2. The van der Waals surface area contributed by atoms with Gasteiger partial charge in [-0.2, -0.15) is 5.10 Å². The highest BCUT2D eigenvalue weighted by Gasteiger charge is 2.43. The highest BCUT2D eigenvalue weighted by Crippen LogP contribution is 2.39. The van der Waals surface area contributed by atoms with Crippen LogP contribution in [0, 0.1) is 5.41 Å². The zero-order valence-electron chi connectivity index (χ0n) is 10.9. The molecule has 5 nitrogen and oxygen atoms in total. The van der Waals surface area contributed by atoms with Crippen LogP contribution in [0.3, 0.4) is 0 Å². The Hall–Kier alpha value is -1.36. The van der Waals surface area contributed by atoms with Gasteiger partial charge in [-0.25, -0.2) is 0 Å². The van der Waals surface area contributed by atoms with Crippen molar-refractivity contribution in [1.82, 2.24) is 20.0 Å². The molecule has 18 heavy (non-hydrogen) atoms. The zero-order valence-corrected chi connectivity index (χ0v) is 10.9. The van der Waals surface area contributed by atoms with Crippen LogP contribution in [0.2, 0.25) is 0 Å². The number of nitrogens with zero attached hydrogens (tertiary/aromatic N) is 3. The van der Waals surface area contributed by atoms with Crippen molar-refractivity contribution >= 4 is 5.91 Å². The summed E-state index contributed by atoms with van der Waals surface area (Å²) in [5.41, 5.74) is 1.22. The minimum absolute atomic E-state index is 0.233. The number of piperidine rings is 1. The fraction of sp³-hybridized carbons (Fsp3) is 0.692. The predicted molar refractivity (Wildman–Crippen MR) is 67.8 cm³/mol. The van der Waals surface area contributed by atoms with E-state index >= 15 is 0 Å². The molecular formula is C13H20N4O. The van der Waals surface area contributed by atoms with Gasteiger partial charge in [0.25, 0.3) is 0 Å². The van der Waals surface area contributed by atoms with E-state index in [1.165, 1.54) is 0 Å². The first-order valence-corrected chi connectivity index (χ1v) is 6.64. The standard InChI is InChI=1S/C13H20N4O/c1-16-7-2-11(15-16)9-17-10-13(8-12(17)18)3-5-14-6-4-13/h2,7,14H,3-6,8-10H2,1H3. The van der Waals surface area contributed by atoms with E-state index in [1.807, 2.05) is 24.2 Å². The van der Waals surface area contributed by atoms with Gasteiger partial charge in [0.15, 0.2) is 0 Å². The van der Waals surface area contributed by atoms with E-state index in [0.717, 1.165) is 44.6 Å². The lowest BCUT2D eigenvalue weighted by molar-refractivity contribution is -0.128. The Kier molecular flexibility index (Phi) is 2.86. The molecular weight excluding hydrogens is 228 g/mol. The summed E-state index contributed by atoms with van der Waals surface area (Å²) in [5, 5.41) is 7.73. The topological polar surface area (TPSA) is 50.2 Å². The van der Waals surface area contributed by atoms with Crippen molar-refractivity contribution in [2.75, 3.05) is 19.6 Å². The van der Waals surface area contributed by atoms with Crippen LogP contribution in [0.1, 0.15) is 25.0 Å². The van der Waals surface area contributed by atoms with Crippen LogP contribution in [0.25, 0.3) is 0 Å². The molecule has 0 saturated carbocycles. The molecule has 1 N–H and O–H groups in total. The van der Waals surface area contributed by atoms with Crippen molar-refractivity contribution in [3.8, 4) is 0 Å². The van der Waals surface area contributed by atoms with Crippen LogP contribution in [0.4, 0.5) is 0 Å². The van der Waals surface area contributed by atoms with Crippen LogP contribution in [-0.4, -0.2) is 40.2 Å². The lowest BCUT2D eigenvalue weighted by atomic mass is 9.78. The van der Waals surface area contributed by atoms with Gasteiger partial charge in [-0.1, -0.05) is 0 Å². The average Bonchev–Trinajstić information content (AvgIpc) is 2.86. The number of nitrogens with one attached hydrogen (secondary N) is 1. The van der Waals surface area contributed by atoms with E-state index in [9.17, 15) is 4.79 Å². The Balaban J connectivity index is 1.68. The average molecular weight is 248 g/mol. The molecule has 0 unspecified atom stereocenters. The lowest BCUT2D eigenvalue weighted by Gasteiger charge is -2.32. The van der Waals surface area contributed by atoms with Gasteiger partial charge in [-0.3, -0.25) is 9.48 Å². The second-order valence-electron chi connectivity index (χ2n) is 5.66. The van der Waals surface area contributed by atoms with Crippen LogP contribution in [0.5, 0.6) is 0 Å². The Morgan fingerprint density at radius 2 is 2.22 bits per heavy atom. The van der Waals surface area contributed by atoms with Crippen molar-refractivity contribution in [2.24, 2.45) is 12.5 Å². The zero-order chi connectivity index (χ0) is 12.6. The smallest absolute Gasteiger partial charge is 0.223 e. The molecule has 3 heterocycles. The minimum Gasteiger partial charge on any atom is -0.336 e. The molecule has 0 aliphatic carbocycles. The summed E-state index contributed by atoms with van der Waals surface area (Å²) in [6.45, 7) is 3.66. The molecule has 0 radical (unpaired) electrons. The number of amides is 1. The Morgan fingerprint density at radius 3 is 2.89 bits per heavy atom. The molecule has 5 heteroatoms. The van der Waals surface area contributed by atoms with E-state index in [1.54, 1.807) is 4.68 Å². The lowest BCUT2D eigenvalue weighted by Crippen LogP contribution is -2.38. The molecule has 0 bridgehead atoms. The first-order chi connectivity index (χ1) is 8.67. The highest BCUT2D eigenvalue weighted by molar-refractivity contribution is 5.79.